The first-order chi connectivity index (χ1) is 16.5. The van der Waals surface area contributed by atoms with Gasteiger partial charge in [-0.25, -0.2) is 0 Å². The Labute approximate surface area is 208 Å². The molecule has 3 aromatic rings. The summed E-state index contributed by atoms with van der Waals surface area (Å²) < 4.78 is 6.04. The Kier molecular flexibility index (Phi) is 8.34. The van der Waals surface area contributed by atoms with E-state index >= 15 is 0 Å². The molecule has 5 heteroatoms. The van der Waals surface area contributed by atoms with Gasteiger partial charge in [0.1, 0.15) is 5.75 Å². The van der Waals surface area contributed by atoms with E-state index in [2.05, 4.69) is 76.3 Å². The summed E-state index contributed by atoms with van der Waals surface area (Å²) >= 11 is 0. The zero-order chi connectivity index (χ0) is 25.6. The van der Waals surface area contributed by atoms with Crippen LogP contribution in [0.2, 0.25) is 0 Å². The van der Waals surface area contributed by atoms with Crippen LogP contribution in [0.25, 0.3) is 11.1 Å². The highest BCUT2D eigenvalue weighted by molar-refractivity contribution is 5.94. The lowest BCUT2D eigenvalue weighted by atomic mass is 9.85. The predicted molar refractivity (Wildman–Crippen MR) is 140 cm³/mol. The number of carboxylic acids is 1. The van der Waals surface area contributed by atoms with Crippen molar-refractivity contribution in [3.8, 4) is 16.9 Å². The summed E-state index contributed by atoms with van der Waals surface area (Å²) in [6.45, 7) is 11.6. The van der Waals surface area contributed by atoms with Crippen molar-refractivity contribution in [2.75, 3.05) is 13.2 Å². The summed E-state index contributed by atoms with van der Waals surface area (Å²) in [6.07, 6.45) is 0.625. The second kappa shape index (κ2) is 11.2. The lowest BCUT2D eigenvalue weighted by Gasteiger charge is -2.20. The van der Waals surface area contributed by atoms with Gasteiger partial charge < -0.3 is 15.2 Å². The standard InChI is InChI=1S/C30H35NO4/c1-20-18-26(19-21(2)28(20)23-10-12-25(13-11-23)30(3,4)5)35-17-15-22-6-8-24(9-7-22)29(34)31-16-14-27(32)33/h6-13,18-19H,14-17H2,1-5H3,(H,31,34)(H,32,33). The summed E-state index contributed by atoms with van der Waals surface area (Å²) in [5, 5.41) is 11.3. The maximum Gasteiger partial charge on any atom is 0.305 e. The van der Waals surface area contributed by atoms with Gasteiger partial charge in [0.05, 0.1) is 13.0 Å². The van der Waals surface area contributed by atoms with Crippen LogP contribution in [0.5, 0.6) is 5.75 Å². The molecule has 0 radical (unpaired) electrons. The third-order valence-electron chi connectivity index (χ3n) is 6.05. The average molecular weight is 474 g/mol. The molecular weight excluding hydrogens is 438 g/mol. The summed E-state index contributed by atoms with van der Waals surface area (Å²) in [7, 11) is 0. The highest BCUT2D eigenvalue weighted by Gasteiger charge is 2.14. The lowest BCUT2D eigenvalue weighted by Crippen LogP contribution is -2.25. The first-order valence-electron chi connectivity index (χ1n) is 12.0. The molecule has 5 nitrogen and oxygen atoms in total. The molecule has 0 atom stereocenters. The minimum Gasteiger partial charge on any atom is -0.493 e. The summed E-state index contributed by atoms with van der Waals surface area (Å²) in [4.78, 5) is 22.6. The van der Waals surface area contributed by atoms with E-state index in [1.807, 2.05) is 12.1 Å². The van der Waals surface area contributed by atoms with E-state index in [-0.39, 0.29) is 24.3 Å². The Morgan fingerprint density at radius 1 is 0.914 bits per heavy atom. The van der Waals surface area contributed by atoms with Gasteiger partial charge in [-0.1, -0.05) is 57.2 Å². The van der Waals surface area contributed by atoms with Crippen LogP contribution in [-0.4, -0.2) is 30.1 Å². The molecule has 2 N–H and O–H groups in total. The number of carbonyl (C=O) groups excluding carboxylic acids is 1. The zero-order valence-corrected chi connectivity index (χ0v) is 21.3. The number of benzene rings is 3. The highest BCUT2D eigenvalue weighted by Crippen LogP contribution is 2.32. The van der Waals surface area contributed by atoms with E-state index in [0.29, 0.717) is 12.2 Å². The largest absolute Gasteiger partial charge is 0.493 e. The van der Waals surface area contributed by atoms with Gasteiger partial charge in [-0.2, -0.15) is 0 Å². The van der Waals surface area contributed by atoms with Crippen molar-refractivity contribution >= 4 is 11.9 Å². The van der Waals surface area contributed by atoms with Crippen LogP contribution in [0, 0.1) is 13.8 Å². The van der Waals surface area contributed by atoms with Gasteiger partial charge in [0.25, 0.3) is 5.91 Å². The second-order valence-corrected chi connectivity index (χ2v) is 9.95. The van der Waals surface area contributed by atoms with Crippen molar-refractivity contribution < 1.29 is 19.4 Å². The van der Waals surface area contributed by atoms with Gasteiger partial charge in [-0.3, -0.25) is 9.59 Å². The molecule has 0 aliphatic carbocycles. The molecular formula is C30H35NO4. The van der Waals surface area contributed by atoms with Crippen molar-refractivity contribution in [1.29, 1.82) is 0 Å². The van der Waals surface area contributed by atoms with Gasteiger partial charge in [-0.15, -0.1) is 0 Å². The minimum absolute atomic E-state index is 0.0927. The molecule has 1 amide bonds. The van der Waals surface area contributed by atoms with Gasteiger partial charge in [0.2, 0.25) is 0 Å². The fourth-order valence-electron chi connectivity index (χ4n) is 4.09. The maximum absolute atomic E-state index is 12.1. The molecule has 0 aromatic heterocycles. The molecule has 0 bridgehead atoms. The maximum atomic E-state index is 12.1. The molecule has 35 heavy (non-hydrogen) atoms. The molecule has 0 heterocycles. The number of aryl methyl sites for hydroxylation is 2. The quantitative estimate of drug-likeness (QED) is 0.394. The summed E-state index contributed by atoms with van der Waals surface area (Å²) in [5.74, 6) is -0.354. The number of carboxylic acid groups (broad SMARTS) is 1. The number of hydrogen-bond acceptors (Lipinski definition) is 3. The van der Waals surface area contributed by atoms with Gasteiger partial charge in [0, 0.05) is 18.5 Å². The highest BCUT2D eigenvalue weighted by atomic mass is 16.5. The fraction of sp³-hybridized carbons (Fsp3) is 0.333. The third-order valence-corrected chi connectivity index (χ3v) is 6.05. The normalized spacial score (nSPS) is 11.2. The van der Waals surface area contributed by atoms with E-state index in [1.54, 1.807) is 12.1 Å². The Morgan fingerprint density at radius 3 is 2.06 bits per heavy atom. The van der Waals surface area contributed by atoms with Crippen molar-refractivity contribution in [3.05, 3.63) is 88.5 Å². The van der Waals surface area contributed by atoms with Crippen LogP contribution in [0.4, 0.5) is 0 Å². The Hall–Kier alpha value is -3.60. The number of ether oxygens (including phenoxy) is 1. The first-order valence-corrected chi connectivity index (χ1v) is 12.0. The van der Waals surface area contributed by atoms with Crippen LogP contribution < -0.4 is 10.1 Å². The SMILES string of the molecule is Cc1cc(OCCc2ccc(C(=O)NCCC(=O)O)cc2)cc(C)c1-c1ccc(C(C)(C)C)cc1. The minimum atomic E-state index is -0.935. The number of aliphatic carboxylic acids is 1. The van der Waals surface area contributed by atoms with Crippen molar-refractivity contribution in [1.82, 2.24) is 5.32 Å². The molecule has 0 saturated carbocycles. The smallest absolute Gasteiger partial charge is 0.305 e. The van der Waals surface area contributed by atoms with Gasteiger partial charge in [0.15, 0.2) is 0 Å². The van der Waals surface area contributed by atoms with Crippen LogP contribution in [0.1, 0.15) is 59.8 Å². The number of amides is 1. The topological polar surface area (TPSA) is 75.6 Å². The fourth-order valence-corrected chi connectivity index (χ4v) is 4.09. The van der Waals surface area contributed by atoms with E-state index < -0.39 is 5.97 Å². The Balaban J connectivity index is 1.58. The molecule has 0 aliphatic rings. The number of rotatable bonds is 9. The third kappa shape index (κ3) is 7.19. The zero-order valence-electron chi connectivity index (χ0n) is 21.3. The van der Waals surface area contributed by atoms with Crippen molar-refractivity contribution in [3.63, 3.8) is 0 Å². The van der Waals surface area contributed by atoms with E-state index in [9.17, 15) is 9.59 Å². The van der Waals surface area contributed by atoms with Gasteiger partial charge in [-0.05, 0) is 76.9 Å². The first kappa shape index (κ1) is 26.0. The Morgan fingerprint density at radius 2 is 1.51 bits per heavy atom. The van der Waals surface area contributed by atoms with Crippen molar-refractivity contribution in [2.45, 2.75) is 52.9 Å². The lowest BCUT2D eigenvalue weighted by molar-refractivity contribution is -0.136. The molecule has 0 spiro atoms. The van der Waals surface area contributed by atoms with Crippen LogP contribution in [-0.2, 0) is 16.6 Å². The second-order valence-electron chi connectivity index (χ2n) is 9.95. The van der Waals surface area contributed by atoms with Gasteiger partial charge >= 0.3 is 5.97 Å². The summed E-state index contributed by atoms with van der Waals surface area (Å²) in [6, 6.07) is 20.3. The Bertz CT molecular complexity index is 1150. The molecule has 0 fully saturated rings. The number of carbonyl (C=O) groups is 2. The number of nitrogens with one attached hydrogen (secondary N) is 1. The molecule has 0 aliphatic heterocycles. The summed E-state index contributed by atoms with van der Waals surface area (Å²) in [5.41, 5.74) is 7.86. The van der Waals surface area contributed by atoms with Crippen molar-refractivity contribution in [2.24, 2.45) is 0 Å². The predicted octanol–water partition coefficient (Wildman–Crippen LogP) is 6.09. The van der Waals surface area contributed by atoms with Crippen LogP contribution >= 0.6 is 0 Å². The molecule has 3 rings (SSSR count). The van der Waals surface area contributed by atoms with Crippen LogP contribution in [0.15, 0.2) is 60.7 Å². The van der Waals surface area contributed by atoms with E-state index in [4.69, 9.17) is 9.84 Å². The van der Waals surface area contributed by atoms with Crippen LogP contribution in [0.3, 0.4) is 0 Å². The van der Waals surface area contributed by atoms with E-state index in [1.165, 1.54) is 27.8 Å². The molecule has 0 saturated heterocycles. The van der Waals surface area contributed by atoms with E-state index in [0.717, 1.165) is 17.7 Å². The molecule has 3 aromatic carbocycles. The average Bonchev–Trinajstić information content (AvgIpc) is 2.78. The molecule has 0 unspecified atom stereocenters. The number of hydrogen-bond donors (Lipinski definition) is 2. The molecule has 184 valence electrons. The monoisotopic (exact) mass is 473 g/mol.